The number of rotatable bonds is 7. The van der Waals surface area contributed by atoms with Gasteiger partial charge in [0.25, 0.3) is 7.82 Å². The lowest BCUT2D eigenvalue weighted by Gasteiger charge is -2.24. The van der Waals surface area contributed by atoms with Gasteiger partial charge in [0, 0.05) is 0 Å². The highest BCUT2D eigenvalue weighted by Crippen LogP contribution is 2.40. The smallest absolute Gasteiger partial charge is 0.268 e. The Morgan fingerprint density at radius 2 is 1.43 bits per heavy atom. The lowest BCUT2D eigenvalue weighted by Crippen LogP contribution is -2.14. The maximum absolute atomic E-state index is 11.7. The molecule has 0 radical (unpaired) electrons. The van der Waals surface area contributed by atoms with E-state index in [1.807, 2.05) is 0 Å². The molecule has 0 N–H and O–H groups in total. The summed E-state index contributed by atoms with van der Waals surface area (Å²) in [7, 11) is -4.54. The van der Waals surface area contributed by atoms with Crippen molar-refractivity contribution < 1.29 is 19.9 Å². The zero-order valence-electron chi connectivity index (χ0n) is 17.4. The number of phosphoric ester groups is 1. The van der Waals surface area contributed by atoms with Gasteiger partial charge in [-0.1, -0.05) is 30.5 Å². The third-order valence-corrected chi connectivity index (χ3v) is 3.23. The molecule has 0 saturated carbocycles. The van der Waals surface area contributed by atoms with Crippen molar-refractivity contribution in [2.75, 3.05) is 6.61 Å². The van der Waals surface area contributed by atoms with Crippen molar-refractivity contribution in [3.05, 3.63) is 116 Å². The van der Waals surface area contributed by atoms with Gasteiger partial charge < -0.3 is 13.9 Å². The van der Waals surface area contributed by atoms with E-state index >= 15 is 0 Å². The standard InChI is InChI=1S/C25H17O4P/c1-4-7-8-9-10-11-12-13-14-15-16-17-18-19-20-21-23-25(22-5-2)29-30(26,27)28-24-6-3/h5,22-23,25H,1,6,24H2,2-3H3,(H,26,27)/p-1/b22-5+/i23T. The fraction of sp³-hybridized carbons (Fsp3) is 0.200. The van der Waals surface area contributed by atoms with E-state index in [4.69, 9.17) is 5.89 Å². The van der Waals surface area contributed by atoms with Crippen LogP contribution in [0.5, 0.6) is 0 Å². The predicted molar refractivity (Wildman–Crippen MR) is 110 cm³/mol. The Balaban J connectivity index is 5.89. The normalized spacial score (nSPS) is 11.0. The maximum Gasteiger partial charge on any atom is 0.268 e. The van der Waals surface area contributed by atoms with E-state index in [1.165, 1.54) is 12.2 Å². The third-order valence-electron chi connectivity index (χ3n) is 2.24. The predicted octanol–water partition coefficient (Wildman–Crippen LogP) is 4.51. The van der Waals surface area contributed by atoms with Crippen LogP contribution in [-0.4, -0.2) is 12.7 Å². The average Bonchev–Trinajstić information content (AvgIpc) is 2.74. The van der Waals surface area contributed by atoms with Crippen molar-refractivity contribution >= 4 is 7.82 Å². The molecule has 0 amide bonds. The van der Waals surface area contributed by atoms with Crippen LogP contribution in [0.2, 0.25) is 0 Å². The number of allylic oxidation sites excluding steroid dienone is 1. The second-order valence-electron chi connectivity index (χ2n) is 4.53. The molecule has 0 aromatic rings. The van der Waals surface area contributed by atoms with Gasteiger partial charge >= 0.3 is 0 Å². The van der Waals surface area contributed by atoms with E-state index in [-0.39, 0.29) is 12.7 Å². The molecule has 30 heavy (non-hydrogen) atoms. The molecule has 0 aromatic heterocycles. The summed E-state index contributed by atoms with van der Waals surface area (Å²) >= 11 is 0. The van der Waals surface area contributed by atoms with Crippen LogP contribution in [0, 0.1) is 0 Å². The fourth-order valence-corrected chi connectivity index (χ4v) is 2.08. The molecular formula is C25H16O4P-. The monoisotopic (exact) mass is 413 g/mol. The molecule has 146 valence electrons. The highest BCUT2D eigenvalue weighted by Gasteiger charge is 2.13. The van der Waals surface area contributed by atoms with Gasteiger partial charge in [-0.15, -0.1) is 0 Å². The molecule has 5 heteroatoms. The largest absolute Gasteiger partial charge is 0.756 e. The Labute approximate surface area is 177 Å². The number of phosphoric acid groups is 1. The summed E-state index contributed by atoms with van der Waals surface area (Å²) in [6.07, 6.45) is 2.22. The van der Waals surface area contributed by atoms with Gasteiger partial charge in [0.05, 0.1) is 7.98 Å². The minimum Gasteiger partial charge on any atom is -0.756 e. The first-order valence-electron chi connectivity index (χ1n) is 8.85. The zero-order chi connectivity index (χ0) is 23.2. The second kappa shape index (κ2) is 18.4. The third kappa shape index (κ3) is 17.5. The van der Waals surface area contributed by atoms with E-state index in [1.54, 1.807) is 13.8 Å². The summed E-state index contributed by atoms with van der Waals surface area (Å²) in [5.41, 5.74) is 39.0. The number of hydrogen-bond donors (Lipinski definition) is 0. The maximum atomic E-state index is 11.7. The molecule has 0 saturated heterocycles. The first-order valence-corrected chi connectivity index (χ1v) is 9.81. The highest BCUT2D eigenvalue weighted by molar-refractivity contribution is 7.45. The fourth-order valence-electron chi connectivity index (χ4n) is 1.21. The second-order valence-corrected chi connectivity index (χ2v) is 5.89. The van der Waals surface area contributed by atoms with Crippen molar-refractivity contribution in [1.29, 1.82) is 0 Å². The van der Waals surface area contributed by atoms with Gasteiger partial charge in [-0.25, -0.2) is 0 Å². The first kappa shape index (κ1) is 24.1. The Morgan fingerprint density at radius 1 is 0.967 bits per heavy atom. The van der Waals surface area contributed by atoms with E-state index in [2.05, 4.69) is 103 Å². The first-order chi connectivity index (χ1) is 15.0. The molecule has 0 heterocycles. The highest BCUT2D eigenvalue weighted by atomic mass is 31.2. The van der Waals surface area contributed by atoms with Crippen LogP contribution in [-0.2, 0) is 13.6 Å². The minimum atomic E-state index is -4.54. The molecule has 2 unspecified atom stereocenters. The SMILES string of the molecule is [3H]C(=C=C=C=C=C=C=C=C=C=C=C=C=C=C=C=C=C)C(/C=C/C)OP(=O)([O-])OCCC. The lowest BCUT2D eigenvalue weighted by atomic mass is 10.3. The van der Waals surface area contributed by atoms with Crippen LogP contribution in [0.15, 0.2) is 116 Å². The van der Waals surface area contributed by atoms with Crippen LogP contribution in [0.4, 0.5) is 0 Å². The molecular weight excluding hydrogens is 395 g/mol. The molecule has 2 atom stereocenters. The summed E-state index contributed by atoms with van der Waals surface area (Å²) in [5.74, 6) is 0. The summed E-state index contributed by atoms with van der Waals surface area (Å²) < 4.78 is 29.0. The minimum absolute atomic E-state index is 0.00414. The molecule has 0 aliphatic carbocycles. The van der Waals surface area contributed by atoms with Gasteiger partial charge in [-0.2, -0.15) is 0 Å². The molecule has 0 rings (SSSR count). The lowest BCUT2D eigenvalue weighted by molar-refractivity contribution is -0.226. The van der Waals surface area contributed by atoms with Crippen molar-refractivity contribution in [3.63, 3.8) is 0 Å². The van der Waals surface area contributed by atoms with E-state index in [0.29, 0.717) is 6.42 Å². The van der Waals surface area contributed by atoms with Crippen LogP contribution in [0.25, 0.3) is 0 Å². The molecule has 4 nitrogen and oxygen atoms in total. The molecule has 0 aliphatic heterocycles. The van der Waals surface area contributed by atoms with Gasteiger partial charge in [0.15, 0.2) is 0 Å². The van der Waals surface area contributed by atoms with Gasteiger partial charge in [-0.3, -0.25) is 4.57 Å². The van der Waals surface area contributed by atoms with Crippen molar-refractivity contribution in [2.45, 2.75) is 26.4 Å². The van der Waals surface area contributed by atoms with Crippen LogP contribution < -0.4 is 4.89 Å². The van der Waals surface area contributed by atoms with Crippen LogP contribution in [0.1, 0.15) is 21.6 Å². The summed E-state index contributed by atoms with van der Waals surface area (Å²) in [5, 5.41) is 0. The molecule has 0 aromatic carbocycles. The van der Waals surface area contributed by atoms with Gasteiger partial charge in [0.2, 0.25) is 0 Å². The summed E-state index contributed by atoms with van der Waals surface area (Å²) in [6.45, 7) is 6.70. The molecule has 0 fully saturated rings. The molecule has 0 aliphatic rings. The average molecular weight is 413 g/mol. The summed E-state index contributed by atoms with van der Waals surface area (Å²) in [6, 6.07) is -0.296. The van der Waals surface area contributed by atoms with Crippen LogP contribution in [0.3, 0.4) is 0 Å². The zero-order valence-corrected chi connectivity index (χ0v) is 17.3. The van der Waals surface area contributed by atoms with Crippen molar-refractivity contribution in [1.82, 2.24) is 0 Å². The quantitative estimate of drug-likeness (QED) is 0.350. The Hall–Kier alpha value is -3.93. The van der Waals surface area contributed by atoms with Crippen molar-refractivity contribution in [3.8, 4) is 0 Å². The molecule has 0 bridgehead atoms. The van der Waals surface area contributed by atoms with Crippen LogP contribution >= 0.6 is 7.82 Å². The number of hydrogen-bond acceptors (Lipinski definition) is 4. The Morgan fingerprint density at radius 3 is 1.87 bits per heavy atom. The van der Waals surface area contributed by atoms with E-state index in [0.717, 1.165) is 0 Å². The van der Waals surface area contributed by atoms with E-state index < -0.39 is 13.9 Å². The van der Waals surface area contributed by atoms with Gasteiger partial charge in [-0.05, 0) is 106 Å². The Kier molecular flexibility index (Phi) is 14.8. The Bertz CT molecular complexity index is 1350. The van der Waals surface area contributed by atoms with E-state index in [9.17, 15) is 9.46 Å². The van der Waals surface area contributed by atoms with Crippen molar-refractivity contribution in [2.24, 2.45) is 0 Å². The summed E-state index contributed by atoms with van der Waals surface area (Å²) in [4.78, 5) is 11.7. The van der Waals surface area contributed by atoms with Gasteiger partial charge in [0.1, 0.15) is 6.10 Å². The topological polar surface area (TPSA) is 58.6 Å². The molecule has 0 spiro atoms.